The summed E-state index contributed by atoms with van der Waals surface area (Å²) in [5, 5.41) is 3.35. The first kappa shape index (κ1) is 16.8. The van der Waals surface area contributed by atoms with Crippen LogP contribution in [0.3, 0.4) is 0 Å². The van der Waals surface area contributed by atoms with E-state index < -0.39 is 0 Å². The number of esters is 1. The summed E-state index contributed by atoms with van der Waals surface area (Å²) >= 11 is 0. The molecule has 0 aromatic heterocycles. The molecule has 21 heavy (non-hydrogen) atoms. The van der Waals surface area contributed by atoms with Crippen LogP contribution >= 0.6 is 0 Å². The van der Waals surface area contributed by atoms with E-state index in [1.165, 1.54) is 26.4 Å². The lowest BCUT2D eigenvalue weighted by atomic mass is 9.71. The number of hydrogen-bond acceptors (Lipinski definition) is 4. The number of carbonyl (C=O) groups is 1. The quantitative estimate of drug-likeness (QED) is 0.734. The number of methoxy groups -OCH3 is 1. The molecule has 2 aliphatic rings. The van der Waals surface area contributed by atoms with E-state index >= 15 is 0 Å². The van der Waals surface area contributed by atoms with Crippen LogP contribution in [-0.2, 0) is 14.3 Å². The second kappa shape index (κ2) is 7.10. The van der Waals surface area contributed by atoms with Crippen molar-refractivity contribution < 1.29 is 14.3 Å². The van der Waals surface area contributed by atoms with Gasteiger partial charge in [-0.05, 0) is 49.9 Å². The Morgan fingerprint density at radius 2 is 2.05 bits per heavy atom. The molecule has 2 saturated carbocycles. The first-order chi connectivity index (χ1) is 9.89. The minimum absolute atomic E-state index is 0.164. The fraction of sp³-hybridized carbons (Fsp3) is 0.941. The topological polar surface area (TPSA) is 47.6 Å². The molecule has 0 bridgehead atoms. The van der Waals surface area contributed by atoms with E-state index in [-0.39, 0.29) is 12.0 Å². The largest absolute Gasteiger partial charge is 0.468 e. The van der Waals surface area contributed by atoms with E-state index in [9.17, 15) is 4.79 Å². The summed E-state index contributed by atoms with van der Waals surface area (Å²) in [6, 6.07) is 0.291. The fourth-order valence-electron chi connectivity index (χ4n) is 3.68. The van der Waals surface area contributed by atoms with E-state index in [1.807, 2.05) is 0 Å². The van der Waals surface area contributed by atoms with Gasteiger partial charge in [-0.25, -0.2) is 0 Å². The zero-order valence-electron chi connectivity index (χ0n) is 14.0. The van der Waals surface area contributed by atoms with Gasteiger partial charge in [-0.15, -0.1) is 0 Å². The maximum Gasteiger partial charge on any atom is 0.322 e. The fourth-order valence-corrected chi connectivity index (χ4v) is 3.68. The Hall–Kier alpha value is -0.610. The van der Waals surface area contributed by atoms with Crippen molar-refractivity contribution in [2.24, 2.45) is 11.3 Å². The van der Waals surface area contributed by atoms with Gasteiger partial charge in [0.1, 0.15) is 6.04 Å². The lowest BCUT2D eigenvalue weighted by Crippen LogP contribution is -2.40. The summed E-state index contributed by atoms with van der Waals surface area (Å²) in [6.45, 7) is 7.59. The summed E-state index contributed by atoms with van der Waals surface area (Å²) in [5.74, 6) is 0.558. The molecule has 0 aromatic carbocycles. The van der Waals surface area contributed by atoms with Gasteiger partial charge in [-0.1, -0.05) is 20.8 Å². The number of rotatable bonds is 7. The third-order valence-electron chi connectivity index (χ3n) is 4.61. The third-order valence-corrected chi connectivity index (χ3v) is 4.61. The van der Waals surface area contributed by atoms with Crippen LogP contribution in [0.15, 0.2) is 0 Å². The Balaban J connectivity index is 1.74. The van der Waals surface area contributed by atoms with E-state index in [4.69, 9.17) is 9.47 Å². The molecule has 0 spiro atoms. The molecule has 3 unspecified atom stereocenters. The molecule has 4 heteroatoms. The minimum Gasteiger partial charge on any atom is -0.468 e. The highest BCUT2D eigenvalue weighted by Gasteiger charge is 2.33. The summed E-state index contributed by atoms with van der Waals surface area (Å²) in [5.41, 5.74) is 0.371. The van der Waals surface area contributed by atoms with Crippen molar-refractivity contribution in [1.82, 2.24) is 5.32 Å². The van der Waals surface area contributed by atoms with Crippen LogP contribution in [0.1, 0.15) is 59.3 Å². The average molecular weight is 297 g/mol. The molecule has 0 aromatic rings. The summed E-state index contributed by atoms with van der Waals surface area (Å²) in [7, 11) is 1.45. The van der Waals surface area contributed by atoms with Crippen molar-refractivity contribution in [2.75, 3.05) is 13.7 Å². The van der Waals surface area contributed by atoms with Gasteiger partial charge < -0.3 is 14.8 Å². The van der Waals surface area contributed by atoms with Crippen LogP contribution in [0.25, 0.3) is 0 Å². The first-order valence-corrected chi connectivity index (χ1v) is 8.35. The molecule has 122 valence electrons. The highest BCUT2D eigenvalue weighted by Crippen LogP contribution is 2.39. The second-order valence-corrected chi connectivity index (χ2v) is 7.71. The van der Waals surface area contributed by atoms with Crippen LogP contribution in [0.4, 0.5) is 0 Å². The lowest BCUT2D eigenvalue weighted by Gasteiger charge is -2.38. The molecule has 1 N–H and O–H groups in total. The van der Waals surface area contributed by atoms with Gasteiger partial charge in [0.2, 0.25) is 0 Å². The number of carbonyl (C=O) groups excluding carboxylic acids is 1. The zero-order valence-corrected chi connectivity index (χ0v) is 14.0. The van der Waals surface area contributed by atoms with E-state index in [0.717, 1.165) is 18.8 Å². The lowest BCUT2D eigenvalue weighted by molar-refractivity contribution is -0.144. The molecule has 0 aliphatic heterocycles. The van der Waals surface area contributed by atoms with Crippen molar-refractivity contribution in [3.05, 3.63) is 0 Å². The van der Waals surface area contributed by atoms with E-state index in [1.54, 1.807) is 0 Å². The van der Waals surface area contributed by atoms with Crippen LogP contribution < -0.4 is 5.32 Å². The number of nitrogens with one attached hydrogen (secondary N) is 1. The highest BCUT2D eigenvalue weighted by molar-refractivity contribution is 5.75. The van der Waals surface area contributed by atoms with Crippen molar-refractivity contribution in [2.45, 2.75) is 77.5 Å². The molecular formula is C17H31NO3. The van der Waals surface area contributed by atoms with Crippen LogP contribution in [-0.4, -0.2) is 37.9 Å². The van der Waals surface area contributed by atoms with E-state index in [0.29, 0.717) is 30.6 Å². The van der Waals surface area contributed by atoms with Crippen molar-refractivity contribution in [3.8, 4) is 0 Å². The molecule has 0 radical (unpaired) electrons. The Labute approximate surface area is 129 Å². The monoisotopic (exact) mass is 297 g/mol. The zero-order chi connectivity index (χ0) is 15.5. The predicted octanol–water partition coefficient (Wildman–Crippen LogP) is 2.90. The van der Waals surface area contributed by atoms with Crippen LogP contribution in [0.5, 0.6) is 0 Å². The second-order valence-electron chi connectivity index (χ2n) is 7.71. The van der Waals surface area contributed by atoms with Gasteiger partial charge in [0, 0.05) is 12.6 Å². The molecule has 0 saturated heterocycles. The normalized spacial score (nSPS) is 29.9. The molecular weight excluding hydrogens is 266 g/mol. The molecule has 0 heterocycles. The van der Waals surface area contributed by atoms with Crippen molar-refractivity contribution in [1.29, 1.82) is 0 Å². The summed E-state index contributed by atoms with van der Waals surface area (Å²) in [4.78, 5) is 11.8. The summed E-state index contributed by atoms with van der Waals surface area (Å²) in [6.07, 6.45) is 6.92. The first-order valence-electron chi connectivity index (χ1n) is 8.35. The van der Waals surface area contributed by atoms with Gasteiger partial charge in [-0.3, -0.25) is 4.79 Å². The van der Waals surface area contributed by atoms with E-state index in [2.05, 4.69) is 26.1 Å². The van der Waals surface area contributed by atoms with Gasteiger partial charge in [0.05, 0.1) is 13.2 Å². The predicted molar refractivity (Wildman–Crippen MR) is 83.1 cm³/mol. The summed E-state index contributed by atoms with van der Waals surface area (Å²) < 4.78 is 10.9. The molecule has 2 fully saturated rings. The molecule has 0 amide bonds. The average Bonchev–Trinajstić information content (AvgIpc) is 3.18. The van der Waals surface area contributed by atoms with Crippen molar-refractivity contribution in [3.63, 3.8) is 0 Å². The molecule has 2 rings (SSSR count). The Bertz CT molecular complexity index is 352. The van der Waals surface area contributed by atoms with Crippen LogP contribution in [0, 0.1) is 11.3 Å². The highest BCUT2D eigenvalue weighted by atomic mass is 16.5. The van der Waals surface area contributed by atoms with Gasteiger partial charge in [0.25, 0.3) is 0 Å². The Morgan fingerprint density at radius 3 is 2.62 bits per heavy atom. The SMILES string of the molecule is COC(=O)C(CCOC1CC(C)CC(C)(C)C1)NC1CC1. The van der Waals surface area contributed by atoms with Gasteiger partial charge >= 0.3 is 5.97 Å². The third kappa shape index (κ3) is 5.59. The smallest absolute Gasteiger partial charge is 0.322 e. The number of hydrogen-bond donors (Lipinski definition) is 1. The van der Waals surface area contributed by atoms with Gasteiger partial charge in [-0.2, -0.15) is 0 Å². The minimum atomic E-state index is -0.212. The standard InChI is InChI=1S/C17H31NO3/c1-12-9-14(11-17(2,3)10-12)21-8-7-15(16(19)20-4)18-13-5-6-13/h12-15,18H,5-11H2,1-4H3. The van der Waals surface area contributed by atoms with Crippen LogP contribution in [0.2, 0.25) is 0 Å². The maximum atomic E-state index is 11.8. The van der Waals surface area contributed by atoms with Crippen molar-refractivity contribution >= 4 is 5.97 Å². The molecule has 2 aliphatic carbocycles. The molecule has 3 atom stereocenters. The van der Waals surface area contributed by atoms with Gasteiger partial charge in [0.15, 0.2) is 0 Å². The maximum absolute atomic E-state index is 11.8. The number of ether oxygens (including phenoxy) is 2. The molecule has 4 nitrogen and oxygen atoms in total. The Kier molecular flexibility index (Phi) is 5.67. The Morgan fingerprint density at radius 1 is 1.33 bits per heavy atom.